The van der Waals surface area contributed by atoms with Crippen molar-refractivity contribution >= 4 is 17.7 Å². The Morgan fingerprint density at radius 2 is 2.04 bits per heavy atom. The lowest BCUT2D eigenvalue weighted by molar-refractivity contribution is -0.135. The number of hydrazine groups is 1. The Kier molecular flexibility index (Phi) is 6.11. The molecule has 0 saturated carbocycles. The fraction of sp³-hybridized carbons (Fsp3) is 0.438. The summed E-state index contributed by atoms with van der Waals surface area (Å²) in [5.74, 6) is -1.87. The minimum atomic E-state index is -0.786. The van der Waals surface area contributed by atoms with Crippen LogP contribution in [-0.2, 0) is 9.59 Å². The van der Waals surface area contributed by atoms with Crippen molar-refractivity contribution < 1.29 is 23.5 Å². The molecule has 1 heterocycles. The van der Waals surface area contributed by atoms with Crippen LogP contribution in [0.2, 0.25) is 0 Å². The molecule has 0 aromatic heterocycles. The number of nitrogens with one attached hydrogen (secondary N) is 2. The molecular formula is C16H20FN3O4. The summed E-state index contributed by atoms with van der Waals surface area (Å²) < 4.78 is 18.6. The maximum absolute atomic E-state index is 13.8. The van der Waals surface area contributed by atoms with Gasteiger partial charge >= 0.3 is 0 Å². The third-order valence-electron chi connectivity index (χ3n) is 3.74. The third kappa shape index (κ3) is 4.68. The van der Waals surface area contributed by atoms with Crippen LogP contribution in [-0.4, -0.2) is 42.8 Å². The summed E-state index contributed by atoms with van der Waals surface area (Å²) in [6.07, 6.45) is 3.06. The van der Waals surface area contributed by atoms with Crippen LogP contribution in [0.15, 0.2) is 18.2 Å². The highest BCUT2D eigenvalue weighted by Crippen LogP contribution is 2.16. The summed E-state index contributed by atoms with van der Waals surface area (Å²) in [5, 5.41) is 0. The molecule has 8 heteroatoms. The average Bonchev–Trinajstić information content (AvgIpc) is 2.77. The van der Waals surface area contributed by atoms with Crippen LogP contribution >= 0.6 is 0 Å². The van der Waals surface area contributed by atoms with Gasteiger partial charge in [0.25, 0.3) is 11.8 Å². The van der Waals surface area contributed by atoms with Crippen molar-refractivity contribution in [1.82, 2.24) is 15.8 Å². The molecule has 1 aliphatic rings. The summed E-state index contributed by atoms with van der Waals surface area (Å²) in [4.78, 5) is 37.0. The lowest BCUT2D eigenvalue weighted by Gasteiger charge is -2.19. The van der Waals surface area contributed by atoms with E-state index in [1.54, 1.807) is 0 Å². The second-order valence-electron chi connectivity index (χ2n) is 5.47. The summed E-state index contributed by atoms with van der Waals surface area (Å²) in [6, 6.07) is 3.77. The van der Waals surface area contributed by atoms with Crippen molar-refractivity contribution in [2.24, 2.45) is 0 Å². The molecule has 24 heavy (non-hydrogen) atoms. The zero-order chi connectivity index (χ0) is 17.5. The smallest absolute Gasteiger partial charge is 0.272 e. The van der Waals surface area contributed by atoms with Gasteiger partial charge in [-0.1, -0.05) is 6.42 Å². The molecule has 1 aromatic carbocycles. The number of hydrogen-bond donors (Lipinski definition) is 2. The van der Waals surface area contributed by atoms with E-state index in [0.717, 1.165) is 25.3 Å². The molecule has 2 rings (SSSR count). The van der Waals surface area contributed by atoms with Gasteiger partial charge in [0.2, 0.25) is 5.91 Å². The molecule has 1 fully saturated rings. The SMILES string of the molecule is COc1ccc(C(=O)NNC(=O)CN2CCCCCC2=O)c(F)c1. The fourth-order valence-electron chi connectivity index (χ4n) is 2.42. The summed E-state index contributed by atoms with van der Waals surface area (Å²) in [5.41, 5.74) is 4.11. The highest BCUT2D eigenvalue weighted by atomic mass is 19.1. The number of methoxy groups -OCH3 is 1. The second kappa shape index (κ2) is 8.28. The van der Waals surface area contributed by atoms with E-state index in [4.69, 9.17) is 4.74 Å². The first-order valence-corrected chi connectivity index (χ1v) is 7.71. The number of amides is 3. The summed E-state index contributed by atoms with van der Waals surface area (Å²) >= 11 is 0. The van der Waals surface area contributed by atoms with Gasteiger partial charge in [-0.15, -0.1) is 0 Å². The molecule has 3 amide bonds. The molecule has 0 spiro atoms. The Hall–Kier alpha value is -2.64. The highest BCUT2D eigenvalue weighted by Gasteiger charge is 2.20. The molecular weight excluding hydrogens is 317 g/mol. The van der Waals surface area contributed by atoms with Gasteiger partial charge in [-0.3, -0.25) is 25.2 Å². The van der Waals surface area contributed by atoms with E-state index in [0.29, 0.717) is 13.0 Å². The Balaban J connectivity index is 1.86. The molecule has 1 saturated heterocycles. The highest BCUT2D eigenvalue weighted by molar-refractivity contribution is 5.96. The van der Waals surface area contributed by atoms with Crippen LogP contribution in [0.25, 0.3) is 0 Å². The van der Waals surface area contributed by atoms with Crippen LogP contribution in [0.5, 0.6) is 5.75 Å². The molecule has 2 N–H and O–H groups in total. The Labute approximate surface area is 139 Å². The van der Waals surface area contributed by atoms with E-state index in [-0.39, 0.29) is 23.8 Å². The number of likely N-dealkylation sites (tertiary alicyclic amines) is 1. The Bertz CT molecular complexity index is 636. The zero-order valence-corrected chi connectivity index (χ0v) is 13.4. The molecule has 1 aliphatic heterocycles. The first kappa shape index (κ1) is 17.7. The normalized spacial score (nSPS) is 14.8. The number of hydrogen-bond acceptors (Lipinski definition) is 4. The molecule has 0 unspecified atom stereocenters. The lowest BCUT2D eigenvalue weighted by atomic mass is 10.2. The first-order valence-electron chi connectivity index (χ1n) is 7.71. The van der Waals surface area contributed by atoms with E-state index < -0.39 is 17.6 Å². The number of ether oxygens (including phenoxy) is 1. The van der Waals surface area contributed by atoms with Crippen LogP contribution in [0.1, 0.15) is 36.0 Å². The van der Waals surface area contributed by atoms with E-state index in [2.05, 4.69) is 10.9 Å². The Morgan fingerprint density at radius 1 is 1.25 bits per heavy atom. The lowest BCUT2D eigenvalue weighted by Crippen LogP contribution is -2.47. The zero-order valence-electron chi connectivity index (χ0n) is 13.4. The predicted octanol–water partition coefficient (Wildman–Crippen LogP) is 0.998. The van der Waals surface area contributed by atoms with Gasteiger partial charge < -0.3 is 9.64 Å². The van der Waals surface area contributed by atoms with Crippen molar-refractivity contribution in [2.75, 3.05) is 20.2 Å². The quantitative estimate of drug-likeness (QED) is 0.803. The summed E-state index contributed by atoms with van der Waals surface area (Å²) in [6.45, 7) is 0.386. The van der Waals surface area contributed by atoms with Gasteiger partial charge in [0.15, 0.2) is 0 Å². The number of carbonyl (C=O) groups excluding carboxylic acids is 3. The number of nitrogens with zero attached hydrogens (tertiary/aromatic N) is 1. The van der Waals surface area contributed by atoms with Crippen LogP contribution < -0.4 is 15.6 Å². The van der Waals surface area contributed by atoms with Crippen molar-refractivity contribution in [3.05, 3.63) is 29.6 Å². The van der Waals surface area contributed by atoms with E-state index >= 15 is 0 Å². The van der Waals surface area contributed by atoms with Gasteiger partial charge in [0, 0.05) is 19.0 Å². The molecule has 1 aromatic rings. The molecule has 7 nitrogen and oxygen atoms in total. The minimum Gasteiger partial charge on any atom is -0.497 e. The van der Waals surface area contributed by atoms with Gasteiger partial charge in [-0.05, 0) is 25.0 Å². The maximum Gasteiger partial charge on any atom is 0.272 e. The molecule has 0 aliphatic carbocycles. The van der Waals surface area contributed by atoms with Gasteiger partial charge in [0.05, 0.1) is 12.7 Å². The summed E-state index contributed by atoms with van der Waals surface area (Å²) in [7, 11) is 1.39. The largest absolute Gasteiger partial charge is 0.497 e. The van der Waals surface area contributed by atoms with Gasteiger partial charge in [-0.25, -0.2) is 4.39 Å². The second-order valence-corrected chi connectivity index (χ2v) is 5.47. The first-order chi connectivity index (χ1) is 11.5. The van der Waals surface area contributed by atoms with Crippen molar-refractivity contribution in [2.45, 2.75) is 25.7 Å². The molecule has 0 bridgehead atoms. The molecule has 0 radical (unpaired) electrons. The minimum absolute atomic E-state index is 0.0739. The van der Waals surface area contributed by atoms with Crippen LogP contribution in [0.3, 0.4) is 0 Å². The van der Waals surface area contributed by atoms with Crippen molar-refractivity contribution in [3.8, 4) is 5.75 Å². The van der Waals surface area contributed by atoms with E-state index in [1.807, 2.05) is 0 Å². The standard InChI is InChI=1S/C16H20FN3O4/c1-24-11-6-7-12(13(17)9-11)16(23)19-18-14(21)10-20-8-4-2-3-5-15(20)22/h6-7,9H,2-5,8,10H2,1H3,(H,18,21)(H,19,23). The Morgan fingerprint density at radius 3 is 2.75 bits per heavy atom. The van der Waals surface area contributed by atoms with E-state index in [9.17, 15) is 18.8 Å². The fourth-order valence-corrected chi connectivity index (χ4v) is 2.42. The van der Waals surface area contributed by atoms with Gasteiger partial charge in [-0.2, -0.15) is 0 Å². The topological polar surface area (TPSA) is 87.7 Å². The number of rotatable bonds is 4. The number of benzene rings is 1. The third-order valence-corrected chi connectivity index (χ3v) is 3.74. The monoisotopic (exact) mass is 337 g/mol. The number of halogens is 1. The predicted molar refractivity (Wildman–Crippen MR) is 83.6 cm³/mol. The van der Waals surface area contributed by atoms with Gasteiger partial charge in [0.1, 0.15) is 18.1 Å². The van der Waals surface area contributed by atoms with E-state index in [1.165, 1.54) is 24.1 Å². The van der Waals surface area contributed by atoms with Crippen molar-refractivity contribution in [1.29, 1.82) is 0 Å². The molecule has 130 valence electrons. The van der Waals surface area contributed by atoms with Crippen molar-refractivity contribution in [3.63, 3.8) is 0 Å². The molecule has 0 atom stereocenters. The van der Waals surface area contributed by atoms with Crippen LogP contribution in [0.4, 0.5) is 4.39 Å². The number of carbonyl (C=O) groups is 3. The maximum atomic E-state index is 13.8. The average molecular weight is 337 g/mol. The van der Waals surface area contributed by atoms with Crippen LogP contribution in [0, 0.1) is 5.82 Å².